The Labute approximate surface area is 170 Å². The van der Waals surface area contributed by atoms with Crippen LogP contribution in [0.1, 0.15) is 27.0 Å². The molecule has 2 amide bonds. The highest BCUT2D eigenvalue weighted by Crippen LogP contribution is 2.37. The Kier molecular flexibility index (Phi) is 4.88. The number of methoxy groups -OCH3 is 1. The lowest BCUT2D eigenvalue weighted by atomic mass is 10.0. The minimum Gasteiger partial charge on any atom is -0.496 e. The number of benzene rings is 2. The third kappa shape index (κ3) is 3.19. The van der Waals surface area contributed by atoms with Gasteiger partial charge in [-0.15, -0.1) is 0 Å². The van der Waals surface area contributed by atoms with Crippen LogP contribution in [0.2, 0.25) is 0 Å². The molecule has 2 heterocycles. The van der Waals surface area contributed by atoms with Crippen molar-refractivity contribution >= 4 is 23.1 Å². The molecule has 0 saturated heterocycles. The van der Waals surface area contributed by atoms with E-state index in [4.69, 9.17) is 10.5 Å². The summed E-state index contributed by atoms with van der Waals surface area (Å²) in [6.07, 6.45) is 2.52. The maximum absolute atomic E-state index is 13.4. The molecule has 2 aromatic rings. The number of carbonyl (C=O) groups excluding carboxylic acids is 2. The van der Waals surface area contributed by atoms with Gasteiger partial charge in [0.1, 0.15) is 11.8 Å². The van der Waals surface area contributed by atoms with Crippen LogP contribution in [-0.4, -0.2) is 50.0 Å². The van der Waals surface area contributed by atoms with Crippen LogP contribution < -0.4 is 15.4 Å². The molecule has 0 radical (unpaired) electrons. The summed E-state index contributed by atoms with van der Waals surface area (Å²) in [6.45, 7) is 2.89. The summed E-state index contributed by atoms with van der Waals surface area (Å²) in [5.74, 6) is 0.328. The third-order valence-electron chi connectivity index (χ3n) is 5.71. The number of anilines is 1. The monoisotopic (exact) mass is 391 g/mol. The fourth-order valence-electron chi connectivity index (χ4n) is 4.05. The van der Waals surface area contributed by atoms with Crippen LogP contribution in [0, 0.1) is 6.92 Å². The van der Waals surface area contributed by atoms with Crippen LogP contribution in [-0.2, 0) is 11.2 Å². The van der Waals surface area contributed by atoms with E-state index in [0.29, 0.717) is 36.5 Å². The zero-order valence-electron chi connectivity index (χ0n) is 16.9. The van der Waals surface area contributed by atoms with Crippen LogP contribution in [0.4, 0.5) is 5.69 Å². The number of aryl methyl sites for hydroxylation is 1. The van der Waals surface area contributed by atoms with Crippen LogP contribution >= 0.6 is 0 Å². The topological polar surface area (TPSA) is 75.9 Å². The fraction of sp³-hybridized carbons (Fsp3) is 0.304. The minimum atomic E-state index is -0.611. The number of hydrogen-bond donors (Lipinski definition) is 1. The van der Waals surface area contributed by atoms with Crippen molar-refractivity contribution in [2.24, 2.45) is 5.73 Å². The molecule has 0 saturated carbocycles. The lowest BCUT2D eigenvalue weighted by Crippen LogP contribution is -2.43. The van der Waals surface area contributed by atoms with Crippen LogP contribution in [0.15, 0.2) is 42.5 Å². The number of nitrogens with zero attached hydrogens (tertiary/aromatic N) is 2. The number of carbonyl (C=O) groups is 2. The highest BCUT2D eigenvalue weighted by molar-refractivity contribution is 6.13. The molecule has 2 N–H and O–H groups in total. The van der Waals surface area contributed by atoms with E-state index in [1.54, 1.807) is 30.0 Å². The molecule has 0 fully saturated rings. The summed E-state index contributed by atoms with van der Waals surface area (Å²) in [4.78, 5) is 29.8. The first kappa shape index (κ1) is 19.2. The van der Waals surface area contributed by atoms with Gasteiger partial charge < -0.3 is 20.3 Å². The van der Waals surface area contributed by atoms with E-state index < -0.39 is 6.04 Å². The number of amides is 2. The molecule has 29 heavy (non-hydrogen) atoms. The molecular weight excluding hydrogens is 366 g/mol. The second-order valence-corrected chi connectivity index (χ2v) is 7.55. The Balaban J connectivity index is 1.77. The summed E-state index contributed by atoms with van der Waals surface area (Å²) in [6, 6.07) is 11.1. The number of nitrogens with two attached hydrogens (primary N) is 1. The summed E-state index contributed by atoms with van der Waals surface area (Å²) in [5, 5.41) is 0. The van der Waals surface area contributed by atoms with Gasteiger partial charge in [0.15, 0.2) is 0 Å². The molecule has 2 aliphatic rings. The van der Waals surface area contributed by atoms with E-state index in [0.717, 1.165) is 16.7 Å². The van der Waals surface area contributed by atoms with Crippen molar-refractivity contribution in [1.29, 1.82) is 0 Å². The van der Waals surface area contributed by atoms with Gasteiger partial charge in [0.05, 0.1) is 18.4 Å². The largest absolute Gasteiger partial charge is 0.496 e. The Morgan fingerprint density at radius 2 is 1.90 bits per heavy atom. The van der Waals surface area contributed by atoms with E-state index in [-0.39, 0.29) is 11.8 Å². The fourth-order valence-corrected chi connectivity index (χ4v) is 4.05. The molecule has 0 unspecified atom stereocenters. The molecule has 0 bridgehead atoms. The summed E-state index contributed by atoms with van der Waals surface area (Å²) < 4.78 is 5.49. The van der Waals surface area contributed by atoms with Crippen molar-refractivity contribution in [3.8, 4) is 5.75 Å². The number of rotatable bonds is 4. The summed E-state index contributed by atoms with van der Waals surface area (Å²) >= 11 is 0. The van der Waals surface area contributed by atoms with Crippen molar-refractivity contribution in [3.63, 3.8) is 0 Å². The maximum Gasteiger partial charge on any atom is 0.257 e. The third-order valence-corrected chi connectivity index (χ3v) is 5.71. The van der Waals surface area contributed by atoms with Crippen molar-refractivity contribution in [3.05, 3.63) is 64.7 Å². The van der Waals surface area contributed by atoms with Crippen molar-refractivity contribution in [2.45, 2.75) is 19.4 Å². The molecule has 0 spiro atoms. The first-order valence-corrected chi connectivity index (χ1v) is 9.72. The standard InChI is InChI=1S/C23H25N3O3/c1-14-4-6-15(7-5-14)17-11-20-23(28)25(2)19-10-16(8-9-24)21(29-3)12-18(19)22(27)26(20)13-17/h4-7,10-12,20H,8-9,13,24H2,1-3H3/t20-/m0/s1. The van der Waals surface area contributed by atoms with Gasteiger partial charge >= 0.3 is 0 Å². The number of hydrogen-bond acceptors (Lipinski definition) is 4. The first-order chi connectivity index (χ1) is 13.9. The van der Waals surface area contributed by atoms with E-state index in [1.165, 1.54) is 5.56 Å². The molecule has 6 nitrogen and oxygen atoms in total. The summed E-state index contributed by atoms with van der Waals surface area (Å²) in [7, 11) is 3.29. The molecular formula is C23H25N3O3. The molecule has 150 valence electrons. The smallest absolute Gasteiger partial charge is 0.257 e. The Hall–Kier alpha value is -3.12. The average Bonchev–Trinajstić information content (AvgIpc) is 3.15. The first-order valence-electron chi connectivity index (χ1n) is 9.72. The van der Waals surface area contributed by atoms with Crippen molar-refractivity contribution in [1.82, 2.24) is 4.90 Å². The van der Waals surface area contributed by atoms with E-state index in [1.807, 2.05) is 43.3 Å². The second kappa shape index (κ2) is 7.37. The van der Waals surface area contributed by atoms with Gasteiger partial charge in [-0.2, -0.15) is 0 Å². The zero-order valence-corrected chi connectivity index (χ0v) is 16.9. The molecule has 1 atom stereocenters. The summed E-state index contributed by atoms with van der Waals surface area (Å²) in [5.41, 5.74) is 10.9. The normalized spacial score (nSPS) is 18.3. The predicted octanol–water partition coefficient (Wildman–Crippen LogP) is 2.39. The molecule has 4 rings (SSSR count). The Morgan fingerprint density at radius 3 is 2.55 bits per heavy atom. The minimum absolute atomic E-state index is 0.122. The number of likely N-dealkylation sites (N-methyl/N-ethyl adjacent to an activating group) is 1. The highest BCUT2D eigenvalue weighted by atomic mass is 16.5. The van der Waals surface area contributed by atoms with Crippen molar-refractivity contribution < 1.29 is 14.3 Å². The van der Waals surface area contributed by atoms with Crippen LogP contribution in [0.25, 0.3) is 5.57 Å². The second-order valence-electron chi connectivity index (χ2n) is 7.55. The van der Waals surface area contributed by atoms with Gasteiger partial charge in [-0.1, -0.05) is 29.8 Å². The average molecular weight is 391 g/mol. The van der Waals surface area contributed by atoms with Crippen LogP contribution in [0.3, 0.4) is 0 Å². The Bertz CT molecular complexity index is 1010. The van der Waals surface area contributed by atoms with E-state index in [2.05, 4.69) is 0 Å². The molecule has 6 heteroatoms. The molecule has 0 aromatic heterocycles. The highest BCUT2D eigenvalue weighted by Gasteiger charge is 2.41. The molecule has 2 aromatic carbocycles. The van der Waals surface area contributed by atoms with Gasteiger partial charge in [0, 0.05) is 13.6 Å². The zero-order chi connectivity index (χ0) is 20.7. The van der Waals surface area contributed by atoms with Gasteiger partial charge in [0.25, 0.3) is 11.8 Å². The predicted molar refractivity (Wildman–Crippen MR) is 113 cm³/mol. The van der Waals surface area contributed by atoms with Gasteiger partial charge in [-0.3, -0.25) is 9.59 Å². The quantitative estimate of drug-likeness (QED) is 0.868. The molecule has 2 aliphatic heterocycles. The SMILES string of the molecule is COc1cc2c(cc1CCN)N(C)C(=O)[C@@H]1C=C(c3ccc(C)cc3)CN1C2=O. The maximum atomic E-state index is 13.4. The van der Waals surface area contributed by atoms with E-state index >= 15 is 0 Å². The van der Waals surface area contributed by atoms with Crippen molar-refractivity contribution in [2.75, 3.05) is 32.1 Å². The number of ether oxygens (including phenoxy) is 1. The van der Waals surface area contributed by atoms with E-state index in [9.17, 15) is 9.59 Å². The Morgan fingerprint density at radius 1 is 1.17 bits per heavy atom. The lowest BCUT2D eigenvalue weighted by Gasteiger charge is -2.22. The van der Waals surface area contributed by atoms with Crippen LogP contribution in [0.5, 0.6) is 5.75 Å². The van der Waals surface area contributed by atoms with Gasteiger partial charge in [-0.25, -0.2) is 0 Å². The number of fused-ring (bicyclic) bond motifs is 2. The van der Waals surface area contributed by atoms with Gasteiger partial charge in [0.2, 0.25) is 0 Å². The molecule has 0 aliphatic carbocycles. The lowest BCUT2D eigenvalue weighted by molar-refractivity contribution is -0.120. The van der Waals surface area contributed by atoms with Gasteiger partial charge in [-0.05, 0) is 54.8 Å².